The van der Waals surface area contributed by atoms with E-state index in [1.54, 1.807) is 6.92 Å². The number of rotatable bonds is 6. The molecule has 1 amide bonds. The SMILES string of the molecule is CCC(C)N(CCc1nc(-c2ccc(Br)cc2)no1)C(C)=O. The van der Waals surface area contributed by atoms with E-state index >= 15 is 0 Å². The molecule has 1 unspecified atom stereocenters. The average Bonchev–Trinajstić information content (AvgIpc) is 2.96. The molecule has 1 atom stereocenters. The lowest BCUT2D eigenvalue weighted by atomic mass is 10.2. The first-order valence-corrected chi connectivity index (χ1v) is 8.16. The molecular formula is C16H20BrN3O2. The van der Waals surface area contributed by atoms with Crippen molar-refractivity contribution in [2.24, 2.45) is 0 Å². The monoisotopic (exact) mass is 365 g/mol. The average molecular weight is 366 g/mol. The lowest BCUT2D eigenvalue weighted by Gasteiger charge is -2.26. The van der Waals surface area contributed by atoms with Crippen LogP contribution in [0.15, 0.2) is 33.3 Å². The fourth-order valence-corrected chi connectivity index (χ4v) is 2.46. The van der Waals surface area contributed by atoms with Crippen molar-refractivity contribution in [1.82, 2.24) is 15.0 Å². The lowest BCUT2D eigenvalue weighted by molar-refractivity contribution is -0.130. The first-order valence-electron chi connectivity index (χ1n) is 7.37. The molecule has 0 saturated carbocycles. The van der Waals surface area contributed by atoms with Crippen LogP contribution in [-0.4, -0.2) is 33.5 Å². The lowest BCUT2D eigenvalue weighted by Crippen LogP contribution is -2.38. The number of carbonyl (C=O) groups is 1. The van der Waals surface area contributed by atoms with E-state index in [0.29, 0.717) is 24.7 Å². The van der Waals surface area contributed by atoms with Gasteiger partial charge in [0.15, 0.2) is 0 Å². The van der Waals surface area contributed by atoms with Gasteiger partial charge in [-0.3, -0.25) is 4.79 Å². The molecule has 0 N–H and O–H groups in total. The van der Waals surface area contributed by atoms with E-state index in [4.69, 9.17) is 4.52 Å². The third-order valence-electron chi connectivity index (χ3n) is 3.66. The number of hydrogen-bond acceptors (Lipinski definition) is 4. The van der Waals surface area contributed by atoms with Gasteiger partial charge in [-0.1, -0.05) is 28.0 Å². The van der Waals surface area contributed by atoms with Gasteiger partial charge in [0.1, 0.15) is 0 Å². The Morgan fingerprint density at radius 1 is 1.36 bits per heavy atom. The van der Waals surface area contributed by atoms with Gasteiger partial charge in [-0.15, -0.1) is 0 Å². The maximum Gasteiger partial charge on any atom is 0.228 e. The van der Waals surface area contributed by atoms with E-state index < -0.39 is 0 Å². The van der Waals surface area contributed by atoms with Crippen LogP contribution >= 0.6 is 15.9 Å². The van der Waals surface area contributed by atoms with Crippen LogP contribution in [0.5, 0.6) is 0 Å². The Kier molecular flexibility index (Phi) is 5.71. The van der Waals surface area contributed by atoms with Crippen LogP contribution < -0.4 is 0 Å². The molecule has 1 heterocycles. The van der Waals surface area contributed by atoms with Gasteiger partial charge >= 0.3 is 0 Å². The molecule has 1 aromatic heterocycles. The number of amides is 1. The second kappa shape index (κ2) is 7.54. The largest absolute Gasteiger partial charge is 0.340 e. The van der Waals surface area contributed by atoms with Gasteiger partial charge in [0.05, 0.1) is 0 Å². The summed E-state index contributed by atoms with van der Waals surface area (Å²) < 4.78 is 6.29. The molecule has 0 radical (unpaired) electrons. The van der Waals surface area contributed by atoms with Crippen molar-refractivity contribution in [2.45, 2.75) is 39.7 Å². The van der Waals surface area contributed by atoms with Crippen LogP contribution in [0.4, 0.5) is 0 Å². The summed E-state index contributed by atoms with van der Waals surface area (Å²) in [5, 5.41) is 4.00. The predicted octanol–water partition coefficient (Wildman–Crippen LogP) is 3.69. The van der Waals surface area contributed by atoms with Crippen LogP contribution in [0.25, 0.3) is 11.4 Å². The summed E-state index contributed by atoms with van der Waals surface area (Å²) in [6.45, 7) is 6.29. The molecule has 2 aromatic rings. The first kappa shape index (κ1) is 16.7. The maximum atomic E-state index is 11.7. The van der Waals surface area contributed by atoms with Crippen molar-refractivity contribution in [1.29, 1.82) is 0 Å². The molecule has 2 rings (SSSR count). The Morgan fingerprint density at radius 2 is 2.05 bits per heavy atom. The van der Waals surface area contributed by atoms with Gasteiger partial charge in [-0.25, -0.2) is 0 Å². The zero-order valence-electron chi connectivity index (χ0n) is 13.0. The van der Waals surface area contributed by atoms with E-state index in [2.05, 4.69) is 33.0 Å². The van der Waals surface area contributed by atoms with E-state index in [0.717, 1.165) is 16.5 Å². The van der Waals surface area contributed by atoms with Crippen molar-refractivity contribution in [3.63, 3.8) is 0 Å². The Labute approximate surface area is 138 Å². The first-order chi connectivity index (χ1) is 10.5. The summed E-state index contributed by atoms with van der Waals surface area (Å²) in [4.78, 5) is 17.9. The number of halogens is 1. The minimum Gasteiger partial charge on any atom is -0.340 e. The molecule has 118 valence electrons. The summed E-state index contributed by atoms with van der Waals surface area (Å²) in [7, 11) is 0. The van der Waals surface area contributed by atoms with Gasteiger partial charge in [0.2, 0.25) is 17.6 Å². The molecule has 5 nitrogen and oxygen atoms in total. The van der Waals surface area contributed by atoms with Crippen LogP contribution in [0.1, 0.15) is 33.1 Å². The molecule has 0 saturated heterocycles. The summed E-state index contributed by atoms with van der Waals surface area (Å²) in [5.74, 6) is 1.19. The van der Waals surface area contributed by atoms with Crippen LogP contribution in [-0.2, 0) is 11.2 Å². The minimum absolute atomic E-state index is 0.0713. The molecular weight excluding hydrogens is 346 g/mol. The quantitative estimate of drug-likeness (QED) is 0.782. The maximum absolute atomic E-state index is 11.7. The van der Waals surface area contributed by atoms with Gasteiger partial charge in [-0.2, -0.15) is 4.98 Å². The van der Waals surface area contributed by atoms with Crippen molar-refractivity contribution in [3.05, 3.63) is 34.6 Å². The van der Waals surface area contributed by atoms with E-state index in [9.17, 15) is 4.79 Å². The standard InChI is InChI=1S/C16H20BrN3O2/c1-4-11(2)20(12(3)21)10-9-15-18-16(19-22-15)13-5-7-14(17)8-6-13/h5-8,11H,4,9-10H2,1-3H3. The second-order valence-electron chi connectivity index (χ2n) is 5.24. The van der Waals surface area contributed by atoms with Crippen molar-refractivity contribution >= 4 is 21.8 Å². The minimum atomic E-state index is 0.0713. The van der Waals surface area contributed by atoms with E-state index in [1.165, 1.54) is 0 Å². The highest BCUT2D eigenvalue weighted by atomic mass is 79.9. The van der Waals surface area contributed by atoms with E-state index in [1.807, 2.05) is 36.1 Å². The van der Waals surface area contributed by atoms with Crippen molar-refractivity contribution in [2.75, 3.05) is 6.54 Å². The highest BCUT2D eigenvalue weighted by Gasteiger charge is 2.17. The Morgan fingerprint density at radius 3 is 2.64 bits per heavy atom. The van der Waals surface area contributed by atoms with Crippen LogP contribution in [0.3, 0.4) is 0 Å². The zero-order valence-corrected chi connectivity index (χ0v) is 14.6. The molecule has 0 aliphatic rings. The van der Waals surface area contributed by atoms with E-state index in [-0.39, 0.29) is 11.9 Å². The number of nitrogens with zero attached hydrogens (tertiary/aromatic N) is 3. The molecule has 6 heteroatoms. The third kappa shape index (κ3) is 4.16. The Hall–Kier alpha value is -1.69. The summed E-state index contributed by atoms with van der Waals surface area (Å²) in [6, 6.07) is 7.95. The summed E-state index contributed by atoms with van der Waals surface area (Å²) >= 11 is 3.40. The summed E-state index contributed by atoms with van der Waals surface area (Å²) in [6.07, 6.45) is 1.49. The number of hydrogen-bond donors (Lipinski definition) is 0. The van der Waals surface area contributed by atoms with Gasteiger partial charge in [-0.05, 0) is 37.6 Å². The second-order valence-corrected chi connectivity index (χ2v) is 6.15. The smallest absolute Gasteiger partial charge is 0.228 e. The van der Waals surface area contributed by atoms with Crippen LogP contribution in [0, 0.1) is 0 Å². The highest BCUT2D eigenvalue weighted by Crippen LogP contribution is 2.19. The van der Waals surface area contributed by atoms with Crippen molar-refractivity contribution in [3.8, 4) is 11.4 Å². The highest BCUT2D eigenvalue weighted by molar-refractivity contribution is 9.10. The van der Waals surface area contributed by atoms with Crippen molar-refractivity contribution < 1.29 is 9.32 Å². The number of carbonyl (C=O) groups excluding carboxylic acids is 1. The predicted molar refractivity (Wildman–Crippen MR) is 88.3 cm³/mol. The molecule has 0 spiro atoms. The summed E-state index contributed by atoms with van der Waals surface area (Å²) in [5.41, 5.74) is 0.906. The fourth-order valence-electron chi connectivity index (χ4n) is 2.20. The molecule has 0 aliphatic carbocycles. The Bertz CT molecular complexity index is 625. The molecule has 1 aromatic carbocycles. The topological polar surface area (TPSA) is 59.2 Å². The van der Waals surface area contributed by atoms with Crippen LogP contribution in [0.2, 0.25) is 0 Å². The van der Waals surface area contributed by atoms with Gasteiger partial charge in [0.25, 0.3) is 0 Å². The fraction of sp³-hybridized carbons (Fsp3) is 0.438. The number of aromatic nitrogens is 2. The normalized spacial score (nSPS) is 12.2. The molecule has 0 bridgehead atoms. The number of benzene rings is 1. The van der Waals surface area contributed by atoms with Gasteiger partial charge in [0, 0.05) is 36.0 Å². The molecule has 22 heavy (non-hydrogen) atoms. The Balaban J connectivity index is 2.02. The third-order valence-corrected chi connectivity index (χ3v) is 4.19. The molecule has 0 aliphatic heterocycles. The molecule has 0 fully saturated rings. The van der Waals surface area contributed by atoms with Gasteiger partial charge < -0.3 is 9.42 Å². The zero-order chi connectivity index (χ0) is 16.1.